The highest BCUT2D eigenvalue weighted by Gasteiger charge is 2.43. The molecule has 0 saturated carbocycles. The molecule has 1 aromatic carbocycles. The summed E-state index contributed by atoms with van der Waals surface area (Å²) in [4.78, 5) is 16.7. The summed E-state index contributed by atoms with van der Waals surface area (Å²) >= 11 is 0. The standard InChI is InChI=1S/C19H23N3O/c23-18(22-11-5-9-17-8-4-10-20-13-17)19(14-21-15-19)12-16-6-2-1-3-7-16/h1-4,6-8,10,13,21H,5,9,11-12,14-15H2,(H,22,23). The van der Waals surface area contributed by atoms with Gasteiger partial charge in [-0.05, 0) is 36.5 Å². The monoisotopic (exact) mass is 309 g/mol. The molecule has 1 aromatic heterocycles. The largest absolute Gasteiger partial charge is 0.356 e. The van der Waals surface area contributed by atoms with Gasteiger partial charge in [0.25, 0.3) is 0 Å². The molecule has 4 nitrogen and oxygen atoms in total. The van der Waals surface area contributed by atoms with Crippen molar-refractivity contribution in [1.82, 2.24) is 15.6 Å². The molecule has 0 bridgehead atoms. The van der Waals surface area contributed by atoms with Gasteiger partial charge in [0.15, 0.2) is 0 Å². The van der Waals surface area contributed by atoms with Crippen LogP contribution in [0.4, 0.5) is 0 Å². The summed E-state index contributed by atoms with van der Waals surface area (Å²) in [6, 6.07) is 14.3. The Morgan fingerprint density at radius 2 is 1.91 bits per heavy atom. The van der Waals surface area contributed by atoms with Gasteiger partial charge < -0.3 is 10.6 Å². The van der Waals surface area contributed by atoms with Crippen LogP contribution in [0.25, 0.3) is 0 Å². The molecule has 23 heavy (non-hydrogen) atoms. The molecule has 2 N–H and O–H groups in total. The predicted molar refractivity (Wildman–Crippen MR) is 91.0 cm³/mol. The van der Waals surface area contributed by atoms with E-state index in [0.29, 0.717) is 6.54 Å². The van der Waals surface area contributed by atoms with E-state index in [4.69, 9.17) is 0 Å². The summed E-state index contributed by atoms with van der Waals surface area (Å²) in [5.74, 6) is 0.172. The van der Waals surface area contributed by atoms with Gasteiger partial charge in [0.2, 0.25) is 5.91 Å². The van der Waals surface area contributed by atoms with Crippen molar-refractivity contribution in [2.24, 2.45) is 5.41 Å². The zero-order valence-corrected chi connectivity index (χ0v) is 13.3. The zero-order valence-electron chi connectivity index (χ0n) is 13.3. The fraction of sp³-hybridized carbons (Fsp3) is 0.368. The Labute approximate surface area is 137 Å². The van der Waals surface area contributed by atoms with E-state index in [-0.39, 0.29) is 11.3 Å². The van der Waals surface area contributed by atoms with Crippen molar-refractivity contribution >= 4 is 5.91 Å². The number of carbonyl (C=O) groups excluding carboxylic acids is 1. The maximum atomic E-state index is 12.6. The predicted octanol–water partition coefficient (Wildman–Crippen LogP) is 1.96. The summed E-state index contributed by atoms with van der Waals surface area (Å²) in [7, 11) is 0. The minimum absolute atomic E-state index is 0.172. The Bertz CT molecular complexity index is 624. The van der Waals surface area contributed by atoms with Crippen molar-refractivity contribution < 1.29 is 4.79 Å². The average Bonchev–Trinajstić information content (AvgIpc) is 2.57. The molecule has 0 aliphatic carbocycles. The number of nitrogens with zero attached hydrogens (tertiary/aromatic N) is 1. The van der Waals surface area contributed by atoms with E-state index >= 15 is 0 Å². The summed E-state index contributed by atoms with van der Waals surface area (Å²) in [5.41, 5.74) is 2.15. The molecule has 120 valence electrons. The van der Waals surface area contributed by atoms with Crippen molar-refractivity contribution in [2.45, 2.75) is 19.3 Å². The first-order chi connectivity index (χ1) is 11.3. The molecule has 1 saturated heterocycles. The Hall–Kier alpha value is -2.20. The Kier molecular flexibility index (Phi) is 5.03. The zero-order chi connectivity index (χ0) is 16.0. The highest BCUT2D eigenvalue weighted by Crippen LogP contribution is 2.28. The molecule has 1 aliphatic heterocycles. The van der Waals surface area contributed by atoms with E-state index in [0.717, 1.165) is 32.4 Å². The van der Waals surface area contributed by atoms with E-state index in [9.17, 15) is 4.79 Å². The lowest BCUT2D eigenvalue weighted by Gasteiger charge is -2.41. The van der Waals surface area contributed by atoms with Crippen molar-refractivity contribution in [2.75, 3.05) is 19.6 Å². The Morgan fingerprint density at radius 3 is 2.57 bits per heavy atom. The van der Waals surface area contributed by atoms with Crippen LogP contribution < -0.4 is 10.6 Å². The number of hydrogen-bond donors (Lipinski definition) is 2. The third-order valence-electron chi connectivity index (χ3n) is 4.44. The van der Waals surface area contributed by atoms with Gasteiger partial charge in [0.1, 0.15) is 0 Å². The fourth-order valence-corrected chi connectivity index (χ4v) is 3.01. The fourth-order valence-electron chi connectivity index (χ4n) is 3.01. The second-order valence-electron chi connectivity index (χ2n) is 6.27. The molecule has 0 radical (unpaired) electrons. The van der Waals surface area contributed by atoms with E-state index in [1.807, 2.05) is 30.5 Å². The van der Waals surface area contributed by atoms with E-state index in [1.54, 1.807) is 6.20 Å². The van der Waals surface area contributed by atoms with Gasteiger partial charge in [0.05, 0.1) is 5.41 Å². The van der Waals surface area contributed by atoms with E-state index in [1.165, 1.54) is 11.1 Å². The summed E-state index contributed by atoms with van der Waals surface area (Å²) in [6.45, 7) is 2.23. The lowest BCUT2D eigenvalue weighted by Crippen LogP contribution is -2.62. The molecular weight excluding hydrogens is 286 g/mol. The van der Waals surface area contributed by atoms with Crippen LogP contribution in [0, 0.1) is 5.41 Å². The second kappa shape index (κ2) is 7.38. The third kappa shape index (κ3) is 3.96. The summed E-state index contributed by atoms with van der Waals surface area (Å²) < 4.78 is 0. The van der Waals surface area contributed by atoms with Gasteiger partial charge in [-0.1, -0.05) is 36.4 Å². The quantitative estimate of drug-likeness (QED) is 0.769. The summed E-state index contributed by atoms with van der Waals surface area (Å²) in [6.07, 6.45) is 6.34. The highest BCUT2D eigenvalue weighted by molar-refractivity contribution is 5.84. The Morgan fingerprint density at radius 1 is 1.13 bits per heavy atom. The number of pyridine rings is 1. The van der Waals surface area contributed by atoms with Crippen LogP contribution >= 0.6 is 0 Å². The maximum Gasteiger partial charge on any atom is 0.229 e. The van der Waals surface area contributed by atoms with Crippen molar-refractivity contribution in [3.05, 3.63) is 66.0 Å². The number of rotatable bonds is 7. The van der Waals surface area contributed by atoms with Gasteiger partial charge in [0, 0.05) is 32.0 Å². The van der Waals surface area contributed by atoms with E-state index < -0.39 is 0 Å². The minimum atomic E-state index is -0.282. The molecule has 4 heteroatoms. The smallest absolute Gasteiger partial charge is 0.229 e. The molecule has 0 spiro atoms. The molecular formula is C19H23N3O. The van der Waals surface area contributed by atoms with Gasteiger partial charge in [-0.15, -0.1) is 0 Å². The van der Waals surface area contributed by atoms with Crippen LogP contribution in [0.2, 0.25) is 0 Å². The lowest BCUT2D eigenvalue weighted by molar-refractivity contribution is -0.133. The number of carbonyl (C=O) groups is 1. The molecule has 1 amide bonds. The SMILES string of the molecule is O=C(NCCCc1cccnc1)C1(Cc2ccccc2)CNC1. The highest BCUT2D eigenvalue weighted by atomic mass is 16.2. The van der Waals surface area contributed by atoms with Crippen molar-refractivity contribution in [1.29, 1.82) is 0 Å². The van der Waals surface area contributed by atoms with Gasteiger partial charge >= 0.3 is 0 Å². The maximum absolute atomic E-state index is 12.6. The first kappa shape index (κ1) is 15.7. The van der Waals surface area contributed by atoms with Crippen LogP contribution in [-0.2, 0) is 17.6 Å². The Balaban J connectivity index is 1.48. The first-order valence-corrected chi connectivity index (χ1v) is 8.20. The number of benzene rings is 1. The van der Waals surface area contributed by atoms with Crippen LogP contribution in [0.3, 0.4) is 0 Å². The van der Waals surface area contributed by atoms with Crippen molar-refractivity contribution in [3.8, 4) is 0 Å². The molecule has 0 atom stereocenters. The molecule has 0 unspecified atom stereocenters. The number of nitrogens with one attached hydrogen (secondary N) is 2. The number of aryl methyl sites for hydroxylation is 1. The second-order valence-corrected chi connectivity index (χ2v) is 6.27. The van der Waals surface area contributed by atoms with Crippen LogP contribution in [-0.4, -0.2) is 30.5 Å². The normalized spacial score (nSPS) is 15.7. The van der Waals surface area contributed by atoms with Crippen LogP contribution in [0.15, 0.2) is 54.9 Å². The first-order valence-electron chi connectivity index (χ1n) is 8.20. The van der Waals surface area contributed by atoms with Crippen molar-refractivity contribution in [3.63, 3.8) is 0 Å². The number of amides is 1. The van der Waals surface area contributed by atoms with E-state index in [2.05, 4.69) is 33.8 Å². The lowest BCUT2D eigenvalue weighted by atomic mass is 9.75. The number of aromatic nitrogens is 1. The van der Waals surface area contributed by atoms with Gasteiger partial charge in [-0.3, -0.25) is 9.78 Å². The average molecular weight is 309 g/mol. The molecule has 1 aliphatic rings. The van der Waals surface area contributed by atoms with Gasteiger partial charge in [-0.2, -0.15) is 0 Å². The molecule has 2 heterocycles. The molecule has 3 rings (SSSR count). The van der Waals surface area contributed by atoms with Crippen LogP contribution in [0.1, 0.15) is 17.5 Å². The van der Waals surface area contributed by atoms with Crippen LogP contribution in [0.5, 0.6) is 0 Å². The molecule has 2 aromatic rings. The van der Waals surface area contributed by atoms with Gasteiger partial charge in [-0.25, -0.2) is 0 Å². The summed E-state index contributed by atoms with van der Waals surface area (Å²) in [5, 5.41) is 6.37. The topological polar surface area (TPSA) is 54.0 Å². The minimum Gasteiger partial charge on any atom is -0.356 e. The third-order valence-corrected chi connectivity index (χ3v) is 4.44. The number of hydrogen-bond acceptors (Lipinski definition) is 3. The molecule has 1 fully saturated rings.